The van der Waals surface area contributed by atoms with Crippen LogP contribution in [0.2, 0.25) is 0 Å². The van der Waals surface area contributed by atoms with E-state index in [1.54, 1.807) is 18.5 Å². The first kappa shape index (κ1) is 14.6. The Balaban J connectivity index is 0.000000315. The zero-order valence-electron chi connectivity index (χ0n) is 8.42. The fourth-order valence-electron chi connectivity index (χ4n) is 0.669. The minimum atomic E-state index is -1.64. The van der Waals surface area contributed by atoms with Crippen LogP contribution in [0.1, 0.15) is 0 Å². The summed E-state index contributed by atoms with van der Waals surface area (Å²) in [7, 11) is 0. The molecule has 0 spiro atoms. The van der Waals surface area contributed by atoms with E-state index in [1.807, 2.05) is 0 Å². The third kappa shape index (κ3) is 6.14. The zero-order chi connectivity index (χ0) is 12.4. The van der Waals surface area contributed by atoms with Gasteiger partial charge in [-0.3, -0.25) is 0 Å². The van der Waals surface area contributed by atoms with Gasteiger partial charge < -0.3 is 25.2 Å². The van der Waals surface area contributed by atoms with E-state index in [0.29, 0.717) is 0 Å². The molecule has 0 aliphatic heterocycles. The van der Waals surface area contributed by atoms with E-state index in [2.05, 4.69) is 9.97 Å². The monoisotopic (exact) mass is 230 g/mol. The molecular weight excluding hydrogens is 216 g/mol. The van der Waals surface area contributed by atoms with Crippen molar-refractivity contribution < 1.29 is 25.2 Å². The summed E-state index contributed by atoms with van der Waals surface area (Å²) in [5, 5.41) is 34.1. The van der Waals surface area contributed by atoms with E-state index in [9.17, 15) is 4.79 Å². The second-order valence-corrected chi connectivity index (χ2v) is 2.77. The van der Waals surface area contributed by atoms with Crippen molar-refractivity contribution in [2.75, 3.05) is 6.61 Å². The topological polar surface area (TPSA) is 124 Å². The van der Waals surface area contributed by atoms with Crippen molar-refractivity contribution in [3.05, 3.63) is 24.8 Å². The van der Waals surface area contributed by atoms with Crippen LogP contribution < -0.4 is 0 Å². The summed E-state index contributed by atoms with van der Waals surface area (Å²) in [5.41, 5.74) is 0. The van der Waals surface area contributed by atoms with E-state index >= 15 is 0 Å². The maximum atomic E-state index is 9.76. The molecule has 90 valence electrons. The van der Waals surface area contributed by atoms with E-state index in [0.717, 1.165) is 0 Å². The molecule has 0 fully saturated rings. The molecule has 1 aromatic rings. The van der Waals surface area contributed by atoms with Gasteiger partial charge in [0.15, 0.2) is 6.29 Å². The van der Waals surface area contributed by atoms with Gasteiger partial charge in [0.25, 0.3) is 0 Å². The summed E-state index contributed by atoms with van der Waals surface area (Å²) >= 11 is 0. The highest BCUT2D eigenvalue weighted by Gasteiger charge is 2.22. The van der Waals surface area contributed by atoms with Crippen LogP contribution in [0.5, 0.6) is 0 Å². The van der Waals surface area contributed by atoms with Crippen molar-refractivity contribution in [3.63, 3.8) is 0 Å². The number of carbonyl (C=O) groups is 1. The Morgan fingerprint density at radius 3 is 2.00 bits per heavy atom. The lowest BCUT2D eigenvalue weighted by Crippen LogP contribution is -2.40. The SMILES string of the molecule is O=CC(O)C(O)C(O)CO.c1cncnc1. The molecule has 1 heterocycles. The van der Waals surface area contributed by atoms with Gasteiger partial charge >= 0.3 is 0 Å². The normalized spacial score (nSPS) is 15.2. The van der Waals surface area contributed by atoms with Crippen LogP contribution in [0, 0.1) is 0 Å². The van der Waals surface area contributed by atoms with Crippen molar-refractivity contribution in [1.29, 1.82) is 0 Å². The predicted octanol–water partition coefficient (Wildman–Crippen LogP) is -2.26. The molecule has 0 saturated heterocycles. The quantitative estimate of drug-likeness (QED) is 0.430. The first-order valence-electron chi connectivity index (χ1n) is 4.43. The molecule has 3 unspecified atom stereocenters. The molecule has 7 heteroatoms. The molecule has 0 aliphatic carbocycles. The fraction of sp³-hybridized carbons (Fsp3) is 0.444. The number of aliphatic hydroxyl groups excluding tert-OH is 4. The average Bonchev–Trinajstić information content (AvgIpc) is 2.38. The van der Waals surface area contributed by atoms with Crippen LogP contribution in [0.4, 0.5) is 0 Å². The molecule has 7 nitrogen and oxygen atoms in total. The van der Waals surface area contributed by atoms with Crippen molar-refractivity contribution >= 4 is 6.29 Å². The Morgan fingerprint density at radius 1 is 1.19 bits per heavy atom. The highest BCUT2D eigenvalue weighted by Crippen LogP contribution is 1.96. The molecule has 0 radical (unpaired) electrons. The minimum absolute atomic E-state index is 0.0869. The van der Waals surface area contributed by atoms with Crippen molar-refractivity contribution in [3.8, 4) is 0 Å². The maximum absolute atomic E-state index is 9.76. The van der Waals surface area contributed by atoms with Gasteiger partial charge in [0.2, 0.25) is 0 Å². The Kier molecular flexibility index (Phi) is 8.08. The second kappa shape index (κ2) is 8.86. The van der Waals surface area contributed by atoms with Crippen LogP contribution in [0.3, 0.4) is 0 Å². The van der Waals surface area contributed by atoms with Gasteiger partial charge in [-0.25, -0.2) is 9.97 Å². The number of hydrogen-bond acceptors (Lipinski definition) is 7. The van der Waals surface area contributed by atoms with E-state index in [4.69, 9.17) is 20.4 Å². The van der Waals surface area contributed by atoms with Crippen molar-refractivity contribution in [2.24, 2.45) is 0 Å². The molecule has 0 saturated carbocycles. The summed E-state index contributed by atoms with van der Waals surface area (Å²) in [6.45, 7) is -0.688. The predicted molar refractivity (Wildman–Crippen MR) is 53.2 cm³/mol. The lowest BCUT2D eigenvalue weighted by molar-refractivity contribution is -0.127. The molecule has 1 aromatic heterocycles. The van der Waals surface area contributed by atoms with E-state index in [-0.39, 0.29) is 6.29 Å². The van der Waals surface area contributed by atoms with Gasteiger partial charge in [-0.05, 0) is 6.07 Å². The number of nitrogens with zero attached hydrogens (tertiary/aromatic N) is 2. The Labute approximate surface area is 92.0 Å². The standard InChI is InChI=1S/C5H10O5.C4H4N2/c6-1-3(8)5(10)4(9)2-7;1-2-5-4-6-3-1/h1,3-5,7-10H,2H2;1-4H. The summed E-state index contributed by atoms with van der Waals surface area (Å²) in [6, 6.07) is 1.78. The first-order chi connectivity index (χ1) is 7.63. The molecular formula is C9H14N2O5. The zero-order valence-corrected chi connectivity index (χ0v) is 8.42. The lowest BCUT2D eigenvalue weighted by atomic mass is 10.1. The molecule has 3 atom stereocenters. The summed E-state index contributed by atoms with van der Waals surface area (Å²) in [6.07, 6.45) is 0.244. The summed E-state index contributed by atoms with van der Waals surface area (Å²) < 4.78 is 0. The molecule has 1 rings (SSSR count). The Morgan fingerprint density at radius 2 is 1.75 bits per heavy atom. The molecule has 16 heavy (non-hydrogen) atoms. The number of hydrogen-bond donors (Lipinski definition) is 4. The fourth-order valence-corrected chi connectivity index (χ4v) is 0.669. The van der Waals surface area contributed by atoms with Gasteiger partial charge in [-0.1, -0.05) is 0 Å². The highest BCUT2D eigenvalue weighted by atomic mass is 16.4. The van der Waals surface area contributed by atoms with Gasteiger partial charge in [-0.2, -0.15) is 0 Å². The van der Waals surface area contributed by atoms with Crippen molar-refractivity contribution in [1.82, 2.24) is 9.97 Å². The van der Waals surface area contributed by atoms with Crippen LogP contribution in [-0.4, -0.2) is 61.6 Å². The smallest absolute Gasteiger partial charge is 0.151 e. The molecule has 0 amide bonds. The maximum Gasteiger partial charge on any atom is 0.151 e. The first-order valence-corrected chi connectivity index (χ1v) is 4.43. The molecule has 0 bridgehead atoms. The lowest BCUT2D eigenvalue weighted by Gasteiger charge is -2.16. The van der Waals surface area contributed by atoms with Crippen molar-refractivity contribution in [2.45, 2.75) is 18.3 Å². The van der Waals surface area contributed by atoms with Crippen LogP contribution in [0.15, 0.2) is 24.8 Å². The third-order valence-electron chi connectivity index (χ3n) is 1.55. The van der Waals surface area contributed by atoms with Crippen LogP contribution >= 0.6 is 0 Å². The van der Waals surface area contributed by atoms with Crippen LogP contribution in [-0.2, 0) is 4.79 Å². The number of carbonyl (C=O) groups excluding carboxylic acids is 1. The summed E-state index contributed by atoms with van der Waals surface area (Å²) in [5.74, 6) is 0. The number of aromatic nitrogens is 2. The molecule has 0 aromatic carbocycles. The summed E-state index contributed by atoms with van der Waals surface area (Å²) in [4.78, 5) is 17.1. The average molecular weight is 230 g/mol. The highest BCUT2D eigenvalue weighted by molar-refractivity contribution is 5.56. The van der Waals surface area contributed by atoms with Crippen LogP contribution in [0.25, 0.3) is 0 Å². The van der Waals surface area contributed by atoms with E-state index < -0.39 is 24.9 Å². The van der Waals surface area contributed by atoms with Gasteiger partial charge in [0, 0.05) is 12.4 Å². The molecule has 4 N–H and O–H groups in total. The number of rotatable bonds is 4. The Hall–Kier alpha value is -1.41. The molecule has 0 aliphatic rings. The second-order valence-electron chi connectivity index (χ2n) is 2.77. The van der Waals surface area contributed by atoms with Gasteiger partial charge in [0.05, 0.1) is 6.61 Å². The largest absolute Gasteiger partial charge is 0.394 e. The van der Waals surface area contributed by atoms with E-state index in [1.165, 1.54) is 6.33 Å². The van der Waals surface area contributed by atoms with Gasteiger partial charge in [0.1, 0.15) is 24.6 Å². The Bertz CT molecular complexity index is 245. The number of aliphatic hydroxyl groups is 4. The van der Waals surface area contributed by atoms with Gasteiger partial charge in [-0.15, -0.1) is 0 Å². The minimum Gasteiger partial charge on any atom is -0.394 e. The third-order valence-corrected chi connectivity index (χ3v) is 1.55. The number of aldehydes is 1.